The minimum Gasteiger partial charge on any atom is -0.469 e. The Hall–Kier alpha value is -1.55. The van der Waals surface area contributed by atoms with Crippen LogP contribution in [0.15, 0.2) is 29.1 Å². The lowest BCUT2D eigenvalue weighted by molar-refractivity contribution is 0.525. The van der Waals surface area contributed by atoms with E-state index in [0.29, 0.717) is 0 Å². The molecule has 0 aromatic carbocycles. The lowest BCUT2D eigenvalue weighted by atomic mass is 10.0. The molecular formula is C13H19N3O. The minimum absolute atomic E-state index is 0.165. The SMILES string of the molecule is CCNC(c1coc(C)c1)c1cnn(CC)c1. The van der Waals surface area contributed by atoms with E-state index in [1.807, 2.05) is 24.1 Å². The van der Waals surface area contributed by atoms with Crippen LogP contribution in [0, 0.1) is 6.92 Å². The highest BCUT2D eigenvalue weighted by Crippen LogP contribution is 2.23. The Balaban J connectivity index is 2.28. The second-order valence-electron chi connectivity index (χ2n) is 4.11. The van der Waals surface area contributed by atoms with Gasteiger partial charge in [0.25, 0.3) is 0 Å². The summed E-state index contributed by atoms with van der Waals surface area (Å²) in [5, 5.41) is 7.77. The average Bonchev–Trinajstić information content (AvgIpc) is 2.94. The fraction of sp³-hybridized carbons (Fsp3) is 0.462. The van der Waals surface area contributed by atoms with Crippen LogP contribution >= 0.6 is 0 Å². The van der Waals surface area contributed by atoms with Crippen LogP contribution < -0.4 is 5.32 Å². The van der Waals surface area contributed by atoms with Gasteiger partial charge in [0.2, 0.25) is 0 Å². The van der Waals surface area contributed by atoms with Crippen molar-refractivity contribution in [2.45, 2.75) is 33.4 Å². The summed E-state index contributed by atoms with van der Waals surface area (Å²) in [6, 6.07) is 2.23. The van der Waals surface area contributed by atoms with E-state index in [0.717, 1.165) is 24.4 Å². The predicted octanol–water partition coefficient (Wildman–Crippen LogP) is 2.50. The number of aromatic nitrogens is 2. The molecule has 0 saturated carbocycles. The first-order valence-corrected chi connectivity index (χ1v) is 6.05. The van der Waals surface area contributed by atoms with Gasteiger partial charge in [-0.15, -0.1) is 0 Å². The zero-order valence-electron chi connectivity index (χ0n) is 10.6. The largest absolute Gasteiger partial charge is 0.469 e. The summed E-state index contributed by atoms with van der Waals surface area (Å²) in [6.45, 7) is 7.95. The smallest absolute Gasteiger partial charge is 0.101 e. The third kappa shape index (κ3) is 2.58. The normalized spacial score (nSPS) is 12.9. The van der Waals surface area contributed by atoms with Crippen LogP contribution in [0.5, 0.6) is 0 Å². The molecule has 1 N–H and O–H groups in total. The van der Waals surface area contributed by atoms with Gasteiger partial charge in [-0.1, -0.05) is 6.92 Å². The van der Waals surface area contributed by atoms with Gasteiger partial charge in [0.1, 0.15) is 5.76 Å². The van der Waals surface area contributed by atoms with Gasteiger partial charge in [0.05, 0.1) is 18.5 Å². The van der Waals surface area contributed by atoms with Gasteiger partial charge in [0, 0.05) is 23.9 Å². The minimum atomic E-state index is 0.165. The van der Waals surface area contributed by atoms with Gasteiger partial charge in [-0.2, -0.15) is 5.10 Å². The highest BCUT2D eigenvalue weighted by molar-refractivity contribution is 5.27. The standard InChI is InChI=1S/C13H19N3O/c1-4-14-13(11-6-10(3)17-9-11)12-7-15-16(5-2)8-12/h6-9,13-14H,4-5H2,1-3H3. The van der Waals surface area contributed by atoms with Crippen LogP contribution in [-0.4, -0.2) is 16.3 Å². The summed E-state index contributed by atoms with van der Waals surface area (Å²) >= 11 is 0. The Bertz CT molecular complexity index is 472. The first-order chi connectivity index (χ1) is 8.24. The first-order valence-electron chi connectivity index (χ1n) is 6.05. The monoisotopic (exact) mass is 233 g/mol. The van der Waals surface area contributed by atoms with Gasteiger partial charge >= 0.3 is 0 Å². The number of furan rings is 1. The number of nitrogens with zero attached hydrogens (tertiary/aromatic N) is 2. The summed E-state index contributed by atoms with van der Waals surface area (Å²) in [5.74, 6) is 0.936. The first kappa shape index (κ1) is 11.9. The van der Waals surface area contributed by atoms with Crippen molar-refractivity contribution in [1.29, 1.82) is 0 Å². The number of aryl methyl sites for hydroxylation is 2. The fourth-order valence-corrected chi connectivity index (χ4v) is 1.95. The van der Waals surface area contributed by atoms with E-state index in [9.17, 15) is 0 Å². The topological polar surface area (TPSA) is 43.0 Å². The average molecular weight is 233 g/mol. The number of rotatable bonds is 5. The number of nitrogens with one attached hydrogen (secondary N) is 1. The van der Waals surface area contributed by atoms with Crippen molar-refractivity contribution in [3.63, 3.8) is 0 Å². The van der Waals surface area contributed by atoms with Crippen molar-refractivity contribution < 1.29 is 4.42 Å². The maximum atomic E-state index is 5.38. The molecule has 2 rings (SSSR count). The molecule has 2 aromatic rings. The van der Waals surface area contributed by atoms with Crippen molar-refractivity contribution in [3.05, 3.63) is 41.6 Å². The maximum absolute atomic E-state index is 5.38. The molecule has 2 aromatic heterocycles. The van der Waals surface area contributed by atoms with Gasteiger partial charge < -0.3 is 9.73 Å². The van der Waals surface area contributed by atoms with Crippen LogP contribution in [0.25, 0.3) is 0 Å². The molecule has 4 heteroatoms. The summed E-state index contributed by atoms with van der Waals surface area (Å²) in [4.78, 5) is 0. The van der Waals surface area contributed by atoms with Crippen LogP contribution in [0.2, 0.25) is 0 Å². The molecule has 0 bridgehead atoms. The second kappa shape index (κ2) is 5.19. The van der Waals surface area contributed by atoms with E-state index in [-0.39, 0.29) is 6.04 Å². The molecule has 17 heavy (non-hydrogen) atoms. The number of hydrogen-bond donors (Lipinski definition) is 1. The molecule has 1 unspecified atom stereocenters. The molecule has 0 saturated heterocycles. The van der Waals surface area contributed by atoms with Crippen molar-refractivity contribution >= 4 is 0 Å². The zero-order valence-corrected chi connectivity index (χ0v) is 10.6. The maximum Gasteiger partial charge on any atom is 0.101 e. The lowest BCUT2D eigenvalue weighted by Crippen LogP contribution is -2.21. The van der Waals surface area contributed by atoms with Crippen molar-refractivity contribution in [1.82, 2.24) is 15.1 Å². The van der Waals surface area contributed by atoms with Crippen molar-refractivity contribution in [2.75, 3.05) is 6.54 Å². The fourth-order valence-electron chi connectivity index (χ4n) is 1.95. The van der Waals surface area contributed by atoms with E-state index in [1.54, 1.807) is 0 Å². The highest BCUT2D eigenvalue weighted by Gasteiger charge is 2.16. The predicted molar refractivity (Wildman–Crippen MR) is 66.9 cm³/mol. The Kier molecular flexibility index (Phi) is 3.64. The molecule has 2 heterocycles. The van der Waals surface area contributed by atoms with E-state index in [2.05, 4.69) is 36.5 Å². The molecule has 92 valence electrons. The summed E-state index contributed by atoms with van der Waals surface area (Å²) in [7, 11) is 0. The Morgan fingerprint density at radius 3 is 2.76 bits per heavy atom. The quantitative estimate of drug-likeness (QED) is 0.862. The molecule has 4 nitrogen and oxygen atoms in total. The van der Waals surface area contributed by atoms with Crippen LogP contribution in [0.3, 0.4) is 0 Å². The van der Waals surface area contributed by atoms with E-state index in [1.165, 1.54) is 5.56 Å². The Labute approximate surface area is 102 Å². The van der Waals surface area contributed by atoms with Gasteiger partial charge in [-0.3, -0.25) is 4.68 Å². The molecule has 0 aliphatic rings. The summed E-state index contributed by atoms with van der Waals surface area (Å²) < 4.78 is 7.32. The molecule has 0 fully saturated rings. The molecule has 0 spiro atoms. The molecule has 0 aliphatic heterocycles. The molecule has 0 amide bonds. The van der Waals surface area contributed by atoms with E-state index < -0.39 is 0 Å². The third-order valence-electron chi connectivity index (χ3n) is 2.80. The highest BCUT2D eigenvalue weighted by atomic mass is 16.3. The summed E-state index contributed by atoms with van der Waals surface area (Å²) in [5.41, 5.74) is 2.33. The van der Waals surface area contributed by atoms with Crippen molar-refractivity contribution in [3.8, 4) is 0 Å². The van der Waals surface area contributed by atoms with Gasteiger partial charge in [0.15, 0.2) is 0 Å². The molecule has 1 atom stereocenters. The third-order valence-corrected chi connectivity index (χ3v) is 2.80. The van der Waals surface area contributed by atoms with Crippen LogP contribution in [0.4, 0.5) is 0 Å². The zero-order chi connectivity index (χ0) is 12.3. The summed E-state index contributed by atoms with van der Waals surface area (Å²) in [6.07, 6.45) is 5.81. The Morgan fingerprint density at radius 1 is 1.41 bits per heavy atom. The van der Waals surface area contributed by atoms with Crippen LogP contribution in [-0.2, 0) is 6.54 Å². The second-order valence-corrected chi connectivity index (χ2v) is 4.11. The molecular weight excluding hydrogens is 214 g/mol. The van der Waals surface area contributed by atoms with Gasteiger partial charge in [-0.25, -0.2) is 0 Å². The number of hydrogen-bond acceptors (Lipinski definition) is 3. The Morgan fingerprint density at radius 2 is 2.24 bits per heavy atom. The van der Waals surface area contributed by atoms with E-state index in [4.69, 9.17) is 4.42 Å². The molecule has 0 radical (unpaired) electrons. The molecule has 0 aliphatic carbocycles. The van der Waals surface area contributed by atoms with Gasteiger partial charge in [-0.05, 0) is 26.5 Å². The van der Waals surface area contributed by atoms with E-state index >= 15 is 0 Å². The van der Waals surface area contributed by atoms with Crippen LogP contribution in [0.1, 0.15) is 36.8 Å². The van der Waals surface area contributed by atoms with Crippen molar-refractivity contribution in [2.24, 2.45) is 0 Å². The lowest BCUT2D eigenvalue weighted by Gasteiger charge is -2.14.